The third kappa shape index (κ3) is 2.62. The van der Waals surface area contributed by atoms with Gasteiger partial charge in [-0.25, -0.2) is 9.97 Å². The summed E-state index contributed by atoms with van der Waals surface area (Å²) in [6.45, 7) is 1.77. The Labute approximate surface area is 119 Å². The molecule has 1 aliphatic carbocycles. The van der Waals surface area contributed by atoms with E-state index in [0.29, 0.717) is 17.4 Å². The molecule has 1 saturated heterocycles. The molecule has 1 N–H and O–H groups in total. The maximum atomic E-state index is 12.5. The van der Waals surface area contributed by atoms with Crippen molar-refractivity contribution < 1.29 is 4.79 Å². The molecule has 2 unspecified atom stereocenters. The third-order valence-electron chi connectivity index (χ3n) is 4.71. The summed E-state index contributed by atoms with van der Waals surface area (Å²) in [5.41, 5.74) is 0.457. The van der Waals surface area contributed by atoms with Gasteiger partial charge in [-0.05, 0) is 24.7 Å². The first-order chi connectivity index (χ1) is 9.78. The topological polar surface area (TPSA) is 58.1 Å². The van der Waals surface area contributed by atoms with E-state index >= 15 is 0 Å². The Kier molecular flexibility index (Phi) is 3.85. The summed E-state index contributed by atoms with van der Waals surface area (Å²) in [6.07, 6.45) is 9.65. The van der Waals surface area contributed by atoms with Gasteiger partial charge in [0, 0.05) is 20.1 Å². The lowest BCUT2D eigenvalue weighted by molar-refractivity contribution is 0.0515. The molecule has 5 nitrogen and oxygen atoms in total. The van der Waals surface area contributed by atoms with Crippen LogP contribution in [0, 0.1) is 11.8 Å². The summed E-state index contributed by atoms with van der Waals surface area (Å²) in [5.74, 6) is 2.26. The summed E-state index contributed by atoms with van der Waals surface area (Å²) in [7, 11) is 1.79. The van der Waals surface area contributed by atoms with E-state index in [4.69, 9.17) is 0 Å². The zero-order valence-corrected chi connectivity index (χ0v) is 12.0. The van der Waals surface area contributed by atoms with Gasteiger partial charge in [-0.15, -0.1) is 0 Å². The van der Waals surface area contributed by atoms with Crippen LogP contribution in [0.4, 0.5) is 5.82 Å². The molecule has 2 atom stereocenters. The highest BCUT2D eigenvalue weighted by Gasteiger charge is 2.33. The number of hydrogen-bond acceptors (Lipinski definition) is 4. The number of hydrogen-bond donors (Lipinski definition) is 1. The van der Waals surface area contributed by atoms with Crippen LogP contribution in [0.1, 0.15) is 42.6 Å². The Hall–Kier alpha value is -1.65. The zero-order chi connectivity index (χ0) is 13.9. The molecule has 2 fully saturated rings. The van der Waals surface area contributed by atoms with E-state index in [2.05, 4.69) is 15.3 Å². The van der Waals surface area contributed by atoms with Gasteiger partial charge >= 0.3 is 0 Å². The monoisotopic (exact) mass is 274 g/mol. The molecule has 3 rings (SSSR count). The highest BCUT2D eigenvalue weighted by atomic mass is 16.2. The van der Waals surface area contributed by atoms with Gasteiger partial charge in [-0.2, -0.15) is 0 Å². The number of carbonyl (C=O) groups is 1. The fraction of sp³-hybridized carbons (Fsp3) is 0.667. The van der Waals surface area contributed by atoms with Crippen LogP contribution in [0.15, 0.2) is 12.4 Å². The van der Waals surface area contributed by atoms with E-state index in [-0.39, 0.29) is 5.91 Å². The van der Waals surface area contributed by atoms with Gasteiger partial charge in [-0.1, -0.05) is 19.3 Å². The SMILES string of the molecule is CNc1cnc(C(=O)N2CCC3CCCCC3C2)cn1. The Morgan fingerprint density at radius 2 is 2.00 bits per heavy atom. The first-order valence-corrected chi connectivity index (χ1v) is 7.57. The van der Waals surface area contributed by atoms with E-state index in [0.717, 1.165) is 25.4 Å². The average Bonchev–Trinajstić information content (AvgIpc) is 2.54. The molecule has 5 heteroatoms. The predicted octanol–water partition coefficient (Wildman–Crippen LogP) is 2.17. The molecule has 0 radical (unpaired) electrons. The molecule has 1 saturated carbocycles. The van der Waals surface area contributed by atoms with Crippen LogP contribution in [-0.4, -0.2) is 40.9 Å². The second-order valence-corrected chi connectivity index (χ2v) is 5.88. The number of amides is 1. The van der Waals surface area contributed by atoms with Crippen molar-refractivity contribution in [1.29, 1.82) is 0 Å². The average molecular weight is 274 g/mol. The standard InChI is InChI=1S/C15H22N4O/c1-16-14-9-17-13(8-18-14)15(20)19-7-6-11-4-2-3-5-12(11)10-19/h8-9,11-12H,2-7,10H2,1H3,(H,16,18). The first kappa shape index (κ1) is 13.3. The largest absolute Gasteiger partial charge is 0.372 e. The minimum absolute atomic E-state index is 0.0316. The van der Waals surface area contributed by atoms with Crippen molar-refractivity contribution in [2.75, 3.05) is 25.5 Å². The highest BCUT2D eigenvalue weighted by molar-refractivity contribution is 5.92. The van der Waals surface area contributed by atoms with Crippen LogP contribution in [0.5, 0.6) is 0 Å². The van der Waals surface area contributed by atoms with Gasteiger partial charge in [0.2, 0.25) is 0 Å². The fourth-order valence-corrected chi connectivity index (χ4v) is 3.51. The van der Waals surface area contributed by atoms with Crippen LogP contribution in [0.3, 0.4) is 0 Å². The van der Waals surface area contributed by atoms with Gasteiger partial charge in [-0.3, -0.25) is 4.79 Å². The van der Waals surface area contributed by atoms with Crippen molar-refractivity contribution in [1.82, 2.24) is 14.9 Å². The number of fused-ring (bicyclic) bond motifs is 1. The molecule has 0 spiro atoms. The Morgan fingerprint density at radius 3 is 2.70 bits per heavy atom. The van der Waals surface area contributed by atoms with Gasteiger partial charge < -0.3 is 10.2 Å². The molecule has 2 heterocycles. The number of nitrogens with one attached hydrogen (secondary N) is 1. The molecular formula is C15H22N4O. The molecule has 1 aromatic rings. The number of aromatic nitrogens is 2. The third-order valence-corrected chi connectivity index (χ3v) is 4.71. The number of likely N-dealkylation sites (tertiary alicyclic amines) is 1. The summed E-state index contributed by atoms with van der Waals surface area (Å²) < 4.78 is 0. The van der Waals surface area contributed by atoms with Gasteiger partial charge in [0.15, 0.2) is 0 Å². The van der Waals surface area contributed by atoms with Crippen molar-refractivity contribution >= 4 is 11.7 Å². The Balaban J connectivity index is 1.67. The Morgan fingerprint density at radius 1 is 1.20 bits per heavy atom. The molecule has 0 bridgehead atoms. The summed E-state index contributed by atoms with van der Waals surface area (Å²) in [5, 5.41) is 2.91. The van der Waals surface area contributed by atoms with E-state index in [1.807, 2.05) is 4.90 Å². The molecule has 2 aliphatic rings. The summed E-state index contributed by atoms with van der Waals surface area (Å²) in [6, 6.07) is 0. The molecule has 1 amide bonds. The molecule has 1 aromatic heterocycles. The van der Waals surface area contributed by atoms with E-state index < -0.39 is 0 Å². The van der Waals surface area contributed by atoms with E-state index in [1.165, 1.54) is 25.7 Å². The molecular weight excluding hydrogens is 252 g/mol. The van der Waals surface area contributed by atoms with Crippen LogP contribution in [0.2, 0.25) is 0 Å². The van der Waals surface area contributed by atoms with Crippen LogP contribution in [0.25, 0.3) is 0 Å². The number of carbonyl (C=O) groups excluding carboxylic acids is 1. The van der Waals surface area contributed by atoms with Gasteiger partial charge in [0.25, 0.3) is 5.91 Å². The maximum absolute atomic E-state index is 12.5. The normalized spacial score (nSPS) is 25.9. The van der Waals surface area contributed by atoms with Crippen molar-refractivity contribution in [2.45, 2.75) is 32.1 Å². The summed E-state index contributed by atoms with van der Waals surface area (Å²) in [4.78, 5) is 22.8. The number of rotatable bonds is 2. The lowest BCUT2D eigenvalue weighted by Crippen LogP contribution is -2.45. The second-order valence-electron chi connectivity index (χ2n) is 5.88. The smallest absolute Gasteiger partial charge is 0.274 e. The van der Waals surface area contributed by atoms with Crippen molar-refractivity contribution in [3.63, 3.8) is 0 Å². The van der Waals surface area contributed by atoms with Gasteiger partial charge in [0.05, 0.1) is 12.4 Å². The molecule has 108 valence electrons. The van der Waals surface area contributed by atoms with Gasteiger partial charge in [0.1, 0.15) is 11.5 Å². The lowest BCUT2D eigenvalue weighted by Gasteiger charge is -2.41. The quantitative estimate of drug-likeness (QED) is 0.898. The zero-order valence-electron chi connectivity index (χ0n) is 12.0. The van der Waals surface area contributed by atoms with Crippen molar-refractivity contribution in [3.8, 4) is 0 Å². The Bertz CT molecular complexity index is 473. The second kappa shape index (κ2) is 5.77. The summed E-state index contributed by atoms with van der Waals surface area (Å²) >= 11 is 0. The minimum atomic E-state index is 0.0316. The lowest BCUT2D eigenvalue weighted by atomic mass is 9.75. The van der Waals surface area contributed by atoms with Crippen LogP contribution < -0.4 is 5.32 Å². The molecule has 0 aromatic carbocycles. The molecule has 20 heavy (non-hydrogen) atoms. The van der Waals surface area contributed by atoms with Crippen molar-refractivity contribution in [2.24, 2.45) is 11.8 Å². The van der Waals surface area contributed by atoms with E-state index in [1.54, 1.807) is 19.4 Å². The number of nitrogens with zero attached hydrogens (tertiary/aromatic N) is 3. The predicted molar refractivity (Wildman–Crippen MR) is 77.5 cm³/mol. The van der Waals surface area contributed by atoms with Crippen LogP contribution in [-0.2, 0) is 0 Å². The van der Waals surface area contributed by atoms with Crippen molar-refractivity contribution in [3.05, 3.63) is 18.1 Å². The maximum Gasteiger partial charge on any atom is 0.274 e. The molecule has 1 aliphatic heterocycles. The highest BCUT2D eigenvalue weighted by Crippen LogP contribution is 2.36. The number of anilines is 1. The fourth-order valence-electron chi connectivity index (χ4n) is 3.51. The minimum Gasteiger partial charge on any atom is -0.372 e. The number of piperidine rings is 1. The first-order valence-electron chi connectivity index (χ1n) is 7.57. The van der Waals surface area contributed by atoms with Crippen LogP contribution >= 0.6 is 0 Å². The van der Waals surface area contributed by atoms with E-state index in [9.17, 15) is 4.79 Å².